The zero-order valence-corrected chi connectivity index (χ0v) is 13.7. The SMILES string of the molecule is Cc1ccc(CNC(=O)N(CCCO)CC(C)(C)C)s1. The lowest BCUT2D eigenvalue weighted by atomic mass is 9.96. The fraction of sp³-hybridized carbons (Fsp3) is 0.667. The molecule has 20 heavy (non-hydrogen) atoms. The highest BCUT2D eigenvalue weighted by Gasteiger charge is 2.20. The van der Waals surface area contributed by atoms with Gasteiger partial charge in [-0.15, -0.1) is 11.3 Å². The van der Waals surface area contributed by atoms with Crippen molar-refractivity contribution in [2.45, 2.75) is 40.7 Å². The largest absolute Gasteiger partial charge is 0.396 e. The van der Waals surface area contributed by atoms with E-state index in [9.17, 15) is 4.79 Å². The predicted octanol–water partition coefficient (Wildman–Crippen LogP) is 3.00. The van der Waals surface area contributed by atoms with Crippen molar-refractivity contribution in [2.75, 3.05) is 19.7 Å². The molecule has 0 aromatic carbocycles. The van der Waals surface area contributed by atoms with Crippen LogP contribution in [0.25, 0.3) is 0 Å². The smallest absolute Gasteiger partial charge is 0.317 e. The van der Waals surface area contributed by atoms with Crippen molar-refractivity contribution in [3.05, 3.63) is 21.9 Å². The molecule has 0 unspecified atom stereocenters. The number of aliphatic hydroxyl groups is 1. The van der Waals surface area contributed by atoms with Crippen molar-refractivity contribution < 1.29 is 9.90 Å². The molecular weight excluding hydrogens is 272 g/mol. The summed E-state index contributed by atoms with van der Waals surface area (Å²) in [6.45, 7) is 10.3. The third kappa shape index (κ3) is 6.39. The van der Waals surface area contributed by atoms with Crippen molar-refractivity contribution >= 4 is 17.4 Å². The molecule has 0 saturated heterocycles. The van der Waals surface area contributed by atoms with Gasteiger partial charge in [-0.1, -0.05) is 20.8 Å². The second kappa shape index (κ2) is 7.64. The Balaban J connectivity index is 2.53. The first kappa shape index (κ1) is 17.0. The van der Waals surface area contributed by atoms with Crippen LogP contribution >= 0.6 is 11.3 Å². The van der Waals surface area contributed by atoms with Crippen LogP contribution in [-0.2, 0) is 6.54 Å². The lowest BCUT2D eigenvalue weighted by Gasteiger charge is -2.30. The van der Waals surface area contributed by atoms with Crippen molar-refractivity contribution in [3.8, 4) is 0 Å². The van der Waals surface area contributed by atoms with Crippen LogP contribution in [0.4, 0.5) is 4.79 Å². The fourth-order valence-corrected chi connectivity index (χ4v) is 2.77. The van der Waals surface area contributed by atoms with E-state index in [4.69, 9.17) is 5.11 Å². The molecule has 0 aliphatic rings. The minimum Gasteiger partial charge on any atom is -0.396 e. The number of aryl methyl sites for hydroxylation is 1. The van der Waals surface area contributed by atoms with Crippen LogP contribution in [0.1, 0.15) is 36.9 Å². The first-order valence-electron chi connectivity index (χ1n) is 7.01. The molecule has 1 aromatic rings. The van der Waals surface area contributed by atoms with Gasteiger partial charge < -0.3 is 15.3 Å². The number of nitrogens with zero attached hydrogens (tertiary/aromatic N) is 1. The third-order valence-corrected chi connectivity index (χ3v) is 3.75. The zero-order chi connectivity index (χ0) is 15.2. The molecule has 1 rings (SSSR count). The maximum Gasteiger partial charge on any atom is 0.317 e. The highest BCUT2D eigenvalue weighted by molar-refractivity contribution is 7.11. The summed E-state index contributed by atoms with van der Waals surface area (Å²) in [6.07, 6.45) is 0.613. The molecule has 0 radical (unpaired) electrons. The van der Waals surface area contributed by atoms with Gasteiger partial charge in [-0.25, -0.2) is 4.79 Å². The summed E-state index contributed by atoms with van der Waals surface area (Å²) < 4.78 is 0. The fourth-order valence-electron chi connectivity index (χ4n) is 1.94. The summed E-state index contributed by atoms with van der Waals surface area (Å²) in [6, 6.07) is 4.05. The lowest BCUT2D eigenvalue weighted by molar-refractivity contribution is 0.164. The molecular formula is C15H26N2O2S. The van der Waals surface area contributed by atoms with E-state index in [0.717, 1.165) is 4.88 Å². The Morgan fingerprint density at radius 2 is 2.10 bits per heavy atom. The lowest BCUT2D eigenvalue weighted by Crippen LogP contribution is -2.44. The molecule has 0 fully saturated rings. The van der Waals surface area contributed by atoms with E-state index >= 15 is 0 Å². The Hall–Kier alpha value is -1.07. The molecule has 0 aliphatic heterocycles. The summed E-state index contributed by atoms with van der Waals surface area (Å²) in [7, 11) is 0. The monoisotopic (exact) mass is 298 g/mol. The summed E-state index contributed by atoms with van der Waals surface area (Å²) in [4.78, 5) is 16.4. The van der Waals surface area contributed by atoms with Crippen molar-refractivity contribution in [1.29, 1.82) is 0 Å². The zero-order valence-electron chi connectivity index (χ0n) is 12.9. The highest BCUT2D eigenvalue weighted by Crippen LogP contribution is 2.17. The highest BCUT2D eigenvalue weighted by atomic mass is 32.1. The second-order valence-electron chi connectivity index (χ2n) is 6.23. The number of rotatable bonds is 6. The van der Waals surface area contributed by atoms with Crippen LogP contribution < -0.4 is 5.32 Å². The molecule has 5 heteroatoms. The molecule has 0 saturated carbocycles. The van der Waals surface area contributed by atoms with Crippen LogP contribution in [0.5, 0.6) is 0 Å². The Morgan fingerprint density at radius 3 is 2.60 bits per heavy atom. The Bertz CT molecular complexity index is 424. The maximum atomic E-state index is 12.2. The first-order valence-corrected chi connectivity index (χ1v) is 7.82. The number of hydrogen-bond acceptors (Lipinski definition) is 3. The van der Waals surface area contributed by atoms with Gasteiger partial charge in [0.15, 0.2) is 0 Å². The van der Waals surface area contributed by atoms with Gasteiger partial charge in [-0.3, -0.25) is 0 Å². The number of aliphatic hydroxyl groups excluding tert-OH is 1. The number of thiophene rings is 1. The van der Waals surface area contributed by atoms with Crippen LogP contribution in [0, 0.1) is 12.3 Å². The van der Waals surface area contributed by atoms with E-state index in [0.29, 0.717) is 26.1 Å². The average molecular weight is 298 g/mol. The molecule has 0 bridgehead atoms. The van der Waals surface area contributed by atoms with Crippen LogP contribution in [0.15, 0.2) is 12.1 Å². The molecule has 0 atom stereocenters. The minimum atomic E-state index is -0.0561. The first-order chi connectivity index (χ1) is 9.31. The van der Waals surface area contributed by atoms with Gasteiger partial charge in [0.1, 0.15) is 0 Å². The normalized spacial score (nSPS) is 11.4. The summed E-state index contributed by atoms with van der Waals surface area (Å²) in [5, 5.41) is 11.9. The number of amides is 2. The Kier molecular flexibility index (Phi) is 6.49. The summed E-state index contributed by atoms with van der Waals surface area (Å²) in [5.41, 5.74) is 0.0479. The van der Waals surface area contributed by atoms with Gasteiger partial charge in [0.2, 0.25) is 0 Å². The standard InChI is InChI=1S/C15H26N2O2S/c1-12-6-7-13(20-12)10-16-14(19)17(8-5-9-18)11-15(2,3)4/h6-7,18H,5,8-11H2,1-4H3,(H,16,19). The molecule has 1 heterocycles. The van der Waals surface area contributed by atoms with Crippen molar-refractivity contribution in [1.82, 2.24) is 10.2 Å². The summed E-state index contributed by atoms with van der Waals surface area (Å²) >= 11 is 1.70. The Labute approximate surface area is 125 Å². The van der Waals surface area contributed by atoms with E-state index in [-0.39, 0.29) is 18.1 Å². The topological polar surface area (TPSA) is 52.6 Å². The van der Waals surface area contributed by atoms with Crippen molar-refractivity contribution in [3.63, 3.8) is 0 Å². The van der Waals surface area contributed by atoms with Crippen LogP contribution in [0.2, 0.25) is 0 Å². The number of urea groups is 1. The number of carbonyl (C=O) groups is 1. The molecule has 2 N–H and O–H groups in total. The van der Waals surface area contributed by atoms with Crippen molar-refractivity contribution in [2.24, 2.45) is 5.41 Å². The van der Waals surface area contributed by atoms with E-state index in [1.165, 1.54) is 4.88 Å². The molecule has 0 aliphatic carbocycles. The number of carbonyl (C=O) groups excluding carboxylic acids is 1. The maximum absolute atomic E-state index is 12.2. The average Bonchev–Trinajstić information content (AvgIpc) is 2.76. The quantitative estimate of drug-likeness (QED) is 0.848. The number of hydrogen-bond donors (Lipinski definition) is 2. The van der Waals surface area contributed by atoms with Crippen LogP contribution in [0.3, 0.4) is 0 Å². The molecule has 2 amide bonds. The molecule has 4 nitrogen and oxygen atoms in total. The minimum absolute atomic E-state index is 0.0479. The third-order valence-electron chi connectivity index (χ3n) is 2.75. The number of nitrogens with one attached hydrogen (secondary N) is 1. The molecule has 1 aromatic heterocycles. The molecule has 114 valence electrons. The van der Waals surface area contributed by atoms with Crippen LogP contribution in [-0.4, -0.2) is 35.7 Å². The van der Waals surface area contributed by atoms with Gasteiger partial charge in [-0.2, -0.15) is 0 Å². The summed E-state index contributed by atoms with van der Waals surface area (Å²) in [5.74, 6) is 0. The van der Waals surface area contributed by atoms with Gasteiger partial charge in [0.25, 0.3) is 0 Å². The van der Waals surface area contributed by atoms with Gasteiger partial charge in [-0.05, 0) is 30.9 Å². The van der Waals surface area contributed by atoms with Gasteiger partial charge >= 0.3 is 6.03 Å². The Morgan fingerprint density at radius 1 is 1.40 bits per heavy atom. The van der Waals surface area contributed by atoms with Gasteiger partial charge in [0, 0.05) is 29.5 Å². The van der Waals surface area contributed by atoms with E-state index in [2.05, 4.69) is 39.1 Å². The second-order valence-corrected chi connectivity index (χ2v) is 7.60. The van der Waals surface area contributed by atoms with E-state index in [1.54, 1.807) is 16.2 Å². The molecule has 0 spiro atoms. The van der Waals surface area contributed by atoms with Gasteiger partial charge in [0.05, 0.1) is 6.54 Å². The predicted molar refractivity (Wildman–Crippen MR) is 84.0 cm³/mol. The van der Waals surface area contributed by atoms with E-state index < -0.39 is 0 Å². The van der Waals surface area contributed by atoms with E-state index in [1.807, 2.05) is 6.07 Å².